The topological polar surface area (TPSA) is 106 Å². The van der Waals surface area contributed by atoms with Crippen LogP contribution < -0.4 is 0 Å². The molecule has 187 valence electrons. The minimum absolute atomic E-state index is 0. The summed E-state index contributed by atoms with van der Waals surface area (Å²) in [6.07, 6.45) is 11.5. The van der Waals surface area contributed by atoms with Gasteiger partial charge < -0.3 is 20.4 Å². The molecular formula is C26H38CuN2O4. The van der Waals surface area contributed by atoms with Crippen LogP contribution in [0.15, 0.2) is 58.5 Å². The summed E-state index contributed by atoms with van der Waals surface area (Å²) in [6, 6.07) is 14.3. The molecule has 1 radical (unpaired) electrons. The fraction of sp³-hybridized carbons (Fsp3) is 0.462. The molecule has 0 heterocycles. The van der Waals surface area contributed by atoms with Crippen LogP contribution in [0.1, 0.15) is 62.5 Å². The largest absolute Gasteiger partial charge is 0.507 e. The Kier molecular flexibility index (Phi) is 20.2. The van der Waals surface area contributed by atoms with Gasteiger partial charge in [-0.25, -0.2) is 0 Å². The second-order valence-electron chi connectivity index (χ2n) is 7.46. The average Bonchev–Trinajstić information content (AvgIpc) is 2.80. The number of benzene rings is 2. The third-order valence-electron chi connectivity index (χ3n) is 4.72. The predicted molar refractivity (Wildman–Crippen MR) is 132 cm³/mol. The molecule has 0 aliphatic carbocycles. The van der Waals surface area contributed by atoms with Gasteiger partial charge in [0, 0.05) is 66.9 Å². The zero-order valence-corrected chi connectivity index (χ0v) is 20.2. The number of para-hydroxylation sites is 2. The van der Waals surface area contributed by atoms with Gasteiger partial charge in [-0.2, -0.15) is 0 Å². The van der Waals surface area contributed by atoms with E-state index >= 15 is 0 Å². The molecule has 0 aliphatic rings. The van der Waals surface area contributed by atoms with E-state index in [1.54, 1.807) is 36.7 Å². The van der Waals surface area contributed by atoms with Crippen molar-refractivity contribution in [3.63, 3.8) is 0 Å². The van der Waals surface area contributed by atoms with Crippen molar-refractivity contribution in [2.45, 2.75) is 51.4 Å². The summed E-state index contributed by atoms with van der Waals surface area (Å²) < 4.78 is 0. The standard InChI is InChI=1S/2C13H19NO2.Cu/c2*15-10-6-2-1-5-9-14-11-12-7-3-4-8-13(12)16;/h2*3-4,7-8,11,15-16H,1-2,5-6,9-10H2;. The number of rotatable bonds is 14. The molecule has 2 rings (SSSR count). The number of aliphatic imine (C=N–C) groups is 2. The molecule has 0 spiro atoms. The van der Waals surface area contributed by atoms with E-state index < -0.39 is 0 Å². The Morgan fingerprint density at radius 1 is 0.545 bits per heavy atom. The van der Waals surface area contributed by atoms with E-state index in [4.69, 9.17) is 10.2 Å². The molecular weight excluding hydrogens is 468 g/mol. The molecule has 0 fully saturated rings. The predicted octanol–water partition coefficient (Wildman–Crippen LogP) is 4.73. The molecule has 0 saturated carbocycles. The number of unbranched alkanes of at least 4 members (excludes halogenated alkanes) is 6. The molecule has 0 atom stereocenters. The van der Waals surface area contributed by atoms with Gasteiger partial charge in [-0.05, 0) is 49.9 Å². The number of phenols is 2. The molecule has 7 heteroatoms. The van der Waals surface area contributed by atoms with Crippen molar-refractivity contribution in [3.05, 3.63) is 59.7 Å². The fourth-order valence-corrected chi connectivity index (χ4v) is 2.86. The molecule has 0 aliphatic heterocycles. The summed E-state index contributed by atoms with van der Waals surface area (Å²) in [7, 11) is 0. The summed E-state index contributed by atoms with van der Waals surface area (Å²) in [5, 5.41) is 36.1. The minimum atomic E-state index is 0. The van der Waals surface area contributed by atoms with Gasteiger partial charge in [0.2, 0.25) is 0 Å². The molecule has 4 N–H and O–H groups in total. The van der Waals surface area contributed by atoms with Crippen molar-refractivity contribution in [2.75, 3.05) is 26.3 Å². The van der Waals surface area contributed by atoms with Crippen LogP contribution in [0, 0.1) is 0 Å². The first-order chi connectivity index (χ1) is 15.7. The van der Waals surface area contributed by atoms with Gasteiger partial charge in [0.1, 0.15) is 11.5 Å². The molecule has 0 unspecified atom stereocenters. The van der Waals surface area contributed by atoms with Gasteiger partial charge >= 0.3 is 0 Å². The van der Waals surface area contributed by atoms with Crippen LogP contribution in [0.2, 0.25) is 0 Å². The smallest absolute Gasteiger partial charge is 0.124 e. The van der Waals surface area contributed by atoms with Crippen molar-refractivity contribution in [2.24, 2.45) is 9.98 Å². The average molecular weight is 506 g/mol. The summed E-state index contributed by atoms with van der Waals surface area (Å²) >= 11 is 0. The summed E-state index contributed by atoms with van der Waals surface area (Å²) in [4.78, 5) is 8.51. The number of hydrogen-bond donors (Lipinski definition) is 4. The van der Waals surface area contributed by atoms with Crippen LogP contribution in [0.5, 0.6) is 11.5 Å². The monoisotopic (exact) mass is 505 g/mol. The molecule has 0 saturated heterocycles. The van der Waals surface area contributed by atoms with Crippen molar-refractivity contribution >= 4 is 12.4 Å². The van der Waals surface area contributed by atoms with Crippen LogP contribution in [0.4, 0.5) is 0 Å². The maximum Gasteiger partial charge on any atom is 0.124 e. The van der Waals surface area contributed by atoms with E-state index in [0.29, 0.717) is 0 Å². The second kappa shape index (κ2) is 21.7. The van der Waals surface area contributed by atoms with Gasteiger partial charge in [0.15, 0.2) is 0 Å². The van der Waals surface area contributed by atoms with E-state index in [9.17, 15) is 10.2 Å². The Hall–Kier alpha value is -2.18. The van der Waals surface area contributed by atoms with E-state index in [0.717, 1.165) is 75.6 Å². The molecule has 2 aromatic rings. The van der Waals surface area contributed by atoms with E-state index in [2.05, 4.69) is 9.98 Å². The Labute approximate surface area is 208 Å². The van der Waals surface area contributed by atoms with Crippen molar-refractivity contribution < 1.29 is 37.5 Å². The maximum absolute atomic E-state index is 9.46. The fourth-order valence-electron chi connectivity index (χ4n) is 2.86. The molecule has 0 bridgehead atoms. The number of hydrogen-bond acceptors (Lipinski definition) is 6. The van der Waals surface area contributed by atoms with E-state index in [1.165, 1.54) is 0 Å². The first-order valence-corrected chi connectivity index (χ1v) is 11.5. The number of aliphatic hydroxyl groups is 2. The van der Waals surface area contributed by atoms with Gasteiger partial charge in [-0.15, -0.1) is 0 Å². The maximum atomic E-state index is 9.46. The molecule has 33 heavy (non-hydrogen) atoms. The second-order valence-corrected chi connectivity index (χ2v) is 7.46. The van der Waals surface area contributed by atoms with Crippen LogP contribution in [0.25, 0.3) is 0 Å². The summed E-state index contributed by atoms with van der Waals surface area (Å²) in [6.45, 7) is 2.11. The normalized spacial score (nSPS) is 10.7. The van der Waals surface area contributed by atoms with Crippen LogP contribution in [-0.4, -0.2) is 59.2 Å². The number of phenolic OH excluding ortho intramolecular Hbond substituents is 2. The SMILES string of the molecule is OCCCCCCN=Cc1ccccc1O.OCCCCCCN=Cc1ccccc1O.[Cu]. The summed E-state index contributed by atoms with van der Waals surface area (Å²) in [5.74, 6) is 0.540. The number of nitrogens with zero attached hydrogens (tertiary/aromatic N) is 2. The van der Waals surface area contributed by atoms with Crippen molar-refractivity contribution in [1.82, 2.24) is 0 Å². The van der Waals surface area contributed by atoms with Gasteiger partial charge in [0.05, 0.1) is 0 Å². The third kappa shape index (κ3) is 16.1. The quantitative estimate of drug-likeness (QED) is 0.169. The molecule has 0 aromatic heterocycles. The van der Waals surface area contributed by atoms with Crippen molar-refractivity contribution in [3.8, 4) is 11.5 Å². The molecule has 0 amide bonds. The Morgan fingerprint density at radius 3 is 1.27 bits per heavy atom. The van der Waals surface area contributed by atoms with E-state index in [1.807, 2.05) is 24.3 Å². The van der Waals surface area contributed by atoms with Gasteiger partial charge in [0.25, 0.3) is 0 Å². The van der Waals surface area contributed by atoms with Crippen molar-refractivity contribution in [1.29, 1.82) is 0 Å². The molecule has 2 aromatic carbocycles. The van der Waals surface area contributed by atoms with E-state index in [-0.39, 0.29) is 41.8 Å². The van der Waals surface area contributed by atoms with Gasteiger partial charge in [-0.3, -0.25) is 9.98 Å². The first kappa shape index (κ1) is 30.8. The number of aliphatic hydroxyl groups excluding tert-OH is 2. The number of aromatic hydroxyl groups is 2. The third-order valence-corrected chi connectivity index (χ3v) is 4.72. The Balaban J connectivity index is 0.000000602. The zero-order chi connectivity index (χ0) is 23.3. The Morgan fingerprint density at radius 2 is 0.909 bits per heavy atom. The van der Waals surface area contributed by atoms with Crippen LogP contribution in [0.3, 0.4) is 0 Å². The van der Waals surface area contributed by atoms with Crippen LogP contribution >= 0.6 is 0 Å². The minimum Gasteiger partial charge on any atom is -0.507 e. The Bertz CT molecular complexity index is 719. The van der Waals surface area contributed by atoms with Gasteiger partial charge in [-0.1, -0.05) is 49.9 Å². The first-order valence-electron chi connectivity index (χ1n) is 11.5. The zero-order valence-electron chi connectivity index (χ0n) is 19.2. The molecule has 6 nitrogen and oxygen atoms in total. The van der Waals surface area contributed by atoms with Crippen LogP contribution in [-0.2, 0) is 17.1 Å². The summed E-state index contributed by atoms with van der Waals surface area (Å²) in [5.41, 5.74) is 1.52.